The molecule has 0 amide bonds. The third-order valence-electron chi connectivity index (χ3n) is 5.90. The van der Waals surface area contributed by atoms with Crippen molar-refractivity contribution in [3.8, 4) is 11.4 Å². The molecular weight excluding hydrogens is 412 g/mol. The summed E-state index contributed by atoms with van der Waals surface area (Å²) in [7, 11) is 1.67. The van der Waals surface area contributed by atoms with E-state index in [1.54, 1.807) is 7.11 Å². The Kier molecular flexibility index (Phi) is 7.98. The molecule has 1 aliphatic heterocycles. The van der Waals surface area contributed by atoms with E-state index in [0.29, 0.717) is 12.6 Å². The molecule has 4 rings (SSSR count). The molecule has 1 fully saturated rings. The minimum Gasteiger partial charge on any atom is -0.497 e. The molecule has 2 heterocycles. The molecule has 0 spiro atoms. The molecule has 1 aliphatic rings. The van der Waals surface area contributed by atoms with E-state index in [2.05, 4.69) is 57.9 Å². The molecule has 1 saturated heterocycles. The molecule has 7 nitrogen and oxygen atoms in total. The third-order valence-corrected chi connectivity index (χ3v) is 5.90. The molecule has 1 aromatic heterocycles. The normalized spacial score (nSPS) is 15.4. The number of methoxy groups -OCH3 is 1. The van der Waals surface area contributed by atoms with Gasteiger partial charge in [0.1, 0.15) is 5.75 Å². The summed E-state index contributed by atoms with van der Waals surface area (Å²) in [6.45, 7) is 6.68. The lowest BCUT2D eigenvalue weighted by atomic mass is 10.0. The lowest BCUT2D eigenvalue weighted by molar-refractivity contribution is 0.198. The summed E-state index contributed by atoms with van der Waals surface area (Å²) in [5, 5.41) is 11.7. The van der Waals surface area contributed by atoms with Gasteiger partial charge in [0.15, 0.2) is 5.96 Å². The highest BCUT2D eigenvalue weighted by atomic mass is 16.5. The average molecular weight is 447 g/mol. The molecule has 3 aromatic rings. The fourth-order valence-electron chi connectivity index (χ4n) is 4.08. The first kappa shape index (κ1) is 22.9. The van der Waals surface area contributed by atoms with E-state index in [-0.39, 0.29) is 0 Å². The first-order valence-electron chi connectivity index (χ1n) is 11.7. The Labute approximate surface area is 196 Å². The summed E-state index contributed by atoms with van der Waals surface area (Å²) in [6, 6.07) is 21.0. The maximum atomic E-state index is 5.23. The van der Waals surface area contributed by atoms with Crippen molar-refractivity contribution in [2.75, 3.05) is 26.7 Å². The summed E-state index contributed by atoms with van der Waals surface area (Å²) in [4.78, 5) is 7.32. The van der Waals surface area contributed by atoms with Crippen molar-refractivity contribution < 1.29 is 4.74 Å². The molecule has 0 saturated carbocycles. The molecule has 174 valence electrons. The summed E-state index contributed by atoms with van der Waals surface area (Å²) >= 11 is 0. The second kappa shape index (κ2) is 11.5. The quantitative estimate of drug-likeness (QED) is 0.409. The van der Waals surface area contributed by atoms with Gasteiger partial charge in [-0.05, 0) is 55.7 Å². The second-order valence-corrected chi connectivity index (χ2v) is 8.33. The number of aliphatic imine (C=N–C) groups is 1. The number of hydrogen-bond acceptors (Lipinski definition) is 4. The average Bonchev–Trinajstić information content (AvgIpc) is 3.34. The van der Waals surface area contributed by atoms with E-state index in [0.717, 1.165) is 62.1 Å². The zero-order chi connectivity index (χ0) is 22.9. The molecule has 0 bridgehead atoms. The van der Waals surface area contributed by atoms with Gasteiger partial charge in [0.25, 0.3) is 0 Å². The predicted octanol–water partition coefficient (Wildman–Crippen LogP) is 3.60. The van der Waals surface area contributed by atoms with Crippen molar-refractivity contribution in [3.05, 3.63) is 78.1 Å². The number of ether oxygens (including phenoxy) is 1. The maximum absolute atomic E-state index is 5.23. The Bertz CT molecular complexity index is 1010. The maximum Gasteiger partial charge on any atom is 0.191 e. The number of rotatable bonds is 8. The van der Waals surface area contributed by atoms with E-state index < -0.39 is 0 Å². The highest BCUT2D eigenvalue weighted by Gasteiger charge is 2.20. The van der Waals surface area contributed by atoms with Crippen molar-refractivity contribution in [1.29, 1.82) is 0 Å². The summed E-state index contributed by atoms with van der Waals surface area (Å²) < 4.78 is 7.10. The number of hydrogen-bond donors (Lipinski definition) is 2. The van der Waals surface area contributed by atoms with Crippen LogP contribution in [0.5, 0.6) is 5.75 Å². The van der Waals surface area contributed by atoms with Gasteiger partial charge in [0.05, 0.1) is 25.0 Å². The topological polar surface area (TPSA) is 66.7 Å². The Morgan fingerprint density at radius 2 is 1.82 bits per heavy atom. The molecule has 0 aliphatic carbocycles. The van der Waals surface area contributed by atoms with Gasteiger partial charge >= 0.3 is 0 Å². The van der Waals surface area contributed by atoms with Crippen molar-refractivity contribution in [1.82, 2.24) is 25.3 Å². The lowest BCUT2D eigenvalue weighted by Gasteiger charge is -2.33. The minimum atomic E-state index is 0.437. The van der Waals surface area contributed by atoms with E-state index in [9.17, 15) is 0 Å². The van der Waals surface area contributed by atoms with Crippen LogP contribution in [0.2, 0.25) is 0 Å². The summed E-state index contributed by atoms with van der Waals surface area (Å²) in [5.74, 6) is 1.70. The molecule has 0 atom stereocenters. The number of guanidine groups is 1. The van der Waals surface area contributed by atoms with E-state index in [1.165, 1.54) is 5.56 Å². The number of piperidine rings is 1. The zero-order valence-corrected chi connectivity index (χ0v) is 19.6. The van der Waals surface area contributed by atoms with Gasteiger partial charge in [-0.15, -0.1) is 0 Å². The van der Waals surface area contributed by atoms with Crippen LogP contribution in [0.25, 0.3) is 5.69 Å². The van der Waals surface area contributed by atoms with Crippen molar-refractivity contribution in [3.63, 3.8) is 0 Å². The minimum absolute atomic E-state index is 0.437. The fourth-order valence-corrected chi connectivity index (χ4v) is 4.08. The first-order chi connectivity index (χ1) is 16.2. The number of nitrogens with one attached hydrogen (secondary N) is 2. The third kappa shape index (κ3) is 6.58. The van der Waals surface area contributed by atoms with Gasteiger partial charge in [-0.1, -0.05) is 30.3 Å². The van der Waals surface area contributed by atoms with Crippen molar-refractivity contribution in [2.45, 2.75) is 38.9 Å². The SMILES string of the molecule is CCNC(=NCc1ccn(-c2ccc(OC)cc2)n1)NC1CCN(Cc2ccccc2)CC1. The zero-order valence-electron chi connectivity index (χ0n) is 19.6. The molecule has 2 N–H and O–H groups in total. The van der Waals surface area contributed by atoms with E-state index in [1.807, 2.05) is 41.2 Å². The van der Waals surface area contributed by atoms with E-state index >= 15 is 0 Å². The molecule has 0 unspecified atom stereocenters. The van der Waals surface area contributed by atoms with Crippen LogP contribution < -0.4 is 15.4 Å². The van der Waals surface area contributed by atoms with Gasteiger partial charge in [-0.25, -0.2) is 9.67 Å². The largest absolute Gasteiger partial charge is 0.497 e. The van der Waals surface area contributed by atoms with Crippen LogP contribution in [0.3, 0.4) is 0 Å². The number of likely N-dealkylation sites (tertiary alicyclic amines) is 1. The van der Waals surface area contributed by atoms with Gasteiger partial charge in [-0.3, -0.25) is 4.90 Å². The van der Waals surface area contributed by atoms with Gasteiger partial charge in [-0.2, -0.15) is 5.10 Å². The van der Waals surface area contributed by atoms with Crippen molar-refractivity contribution in [2.24, 2.45) is 4.99 Å². The highest BCUT2D eigenvalue weighted by Crippen LogP contribution is 2.15. The van der Waals surface area contributed by atoms with Crippen LogP contribution in [0, 0.1) is 0 Å². The lowest BCUT2D eigenvalue weighted by Crippen LogP contribution is -2.48. The van der Waals surface area contributed by atoms with E-state index in [4.69, 9.17) is 9.73 Å². The second-order valence-electron chi connectivity index (χ2n) is 8.33. The highest BCUT2D eigenvalue weighted by molar-refractivity contribution is 5.80. The number of aromatic nitrogens is 2. The Morgan fingerprint density at radius 3 is 2.52 bits per heavy atom. The van der Waals surface area contributed by atoms with Crippen LogP contribution in [-0.2, 0) is 13.1 Å². The predicted molar refractivity (Wildman–Crippen MR) is 133 cm³/mol. The van der Waals surface area contributed by atoms with Crippen LogP contribution >= 0.6 is 0 Å². The van der Waals surface area contributed by atoms with Gasteiger partial charge < -0.3 is 15.4 Å². The van der Waals surface area contributed by atoms with Crippen molar-refractivity contribution >= 4 is 5.96 Å². The molecule has 2 aromatic carbocycles. The molecule has 33 heavy (non-hydrogen) atoms. The van der Waals surface area contributed by atoms with Gasteiger partial charge in [0.2, 0.25) is 0 Å². The molecular formula is C26H34N6O. The number of benzene rings is 2. The summed E-state index contributed by atoms with van der Waals surface area (Å²) in [6.07, 6.45) is 4.20. The Hall–Kier alpha value is -3.32. The molecule has 7 heteroatoms. The first-order valence-corrected chi connectivity index (χ1v) is 11.7. The van der Waals surface area contributed by atoms with Gasteiger partial charge in [0, 0.05) is 38.4 Å². The van der Waals surface area contributed by atoms with Crippen LogP contribution in [0.4, 0.5) is 0 Å². The Morgan fingerprint density at radius 1 is 1.06 bits per heavy atom. The standard InChI is InChI=1S/C26H34N6O/c1-3-27-26(29-22-13-16-31(17-14-22)20-21-7-5-4-6-8-21)28-19-23-15-18-32(30-23)24-9-11-25(33-2)12-10-24/h4-12,15,18,22H,3,13-14,16-17,19-20H2,1-2H3,(H2,27,28,29). The van der Waals surface area contributed by atoms with Crippen LogP contribution in [0.1, 0.15) is 31.0 Å². The monoisotopic (exact) mass is 446 g/mol. The van der Waals surface area contributed by atoms with Crippen LogP contribution in [-0.4, -0.2) is 53.4 Å². The molecule has 0 radical (unpaired) electrons. The smallest absolute Gasteiger partial charge is 0.191 e. The number of nitrogens with zero attached hydrogens (tertiary/aromatic N) is 4. The summed E-state index contributed by atoms with van der Waals surface area (Å²) in [5.41, 5.74) is 3.31. The van der Waals surface area contributed by atoms with Crippen LogP contribution in [0.15, 0.2) is 71.9 Å². The fraction of sp³-hybridized carbons (Fsp3) is 0.385. The Balaban J connectivity index is 1.29.